The molecule has 5 aliphatic heterocycles. The van der Waals surface area contributed by atoms with Crippen LogP contribution in [-0.4, -0.2) is 298 Å². The average Bonchev–Trinajstić information content (AvgIpc) is 1.72. The number of rotatable bonds is 38. The van der Waals surface area contributed by atoms with Crippen molar-refractivity contribution < 1.29 is 513 Å². The minimum atomic E-state index is -0.937. The molecular formula is C99H127BrN10O24U8V8-8. The number of benzene rings is 5. The summed E-state index contributed by atoms with van der Waals surface area (Å²) < 4.78 is 41.7. The first kappa shape index (κ1) is 184. The maximum Gasteiger partial charge on any atom is 0.337 e. The summed E-state index contributed by atoms with van der Waals surface area (Å²) in [5, 5.41) is 59.5. The largest absolute Gasteiger partial charge is 0.566 e. The molecule has 6 N–H and O–H groups in total. The summed E-state index contributed by atoms with van der Waals surface area (Å²) in [4.78, 5) is 116. The number of ether oxygens (including phenoxy) is 9. The van der Waals surface area contributed by atoms with Crippen LogP contribution in [-0.2, 0) is 247 Å². The fraction of sp³-hybridized carbons (Fsp3) is 0.414. The number of carbonyl (C=O) groups excluding carboxylic acids is 9. The quantitative estimate of drug-likeness (QED) is 0.00535. The number of aliphatic hydroxyl groups excluding tert-OH is 4. The molecule has 5 aromatic carbocycles. The smallest absolute Gasteiger partial charge is 0.337 e. The monoisotopic (exact) mass is 4230 g/mol. The normalized spacial score (nSPS) is 12.0. The molecule has 8 radical (unpaired) electrons. The van der Waals surface area contributed by atoms with E-state index < -0.39 is 5.97 Å². The van der Waals surface area contributed by atoms with Crippen molar-refractivity contribution in [1.82, 2.24) is 50.5 Å². The van der Waals surface area contributed by atoms with E-state index in [2.05, 4.69) is 108 Å². The van der Waals surface area contributed by atoms with Crippen molar-refractivity contribution in [3.8, 4) is 60.2 Å². The standard InChI is InChI=1S/C18H25N2O4.C18H21N2O4.C17H23N2O4.C16H21N2O4.C13H16N2O3.C5H6BrO.C5H7O2.C4H5O.C3H3O.8U.8V/c2*1-23-14-4-3-11-19-12-10-17(21)20(19)13-9-15-5-7-16(8-6-15)18(22)24-2;1-23-17(22)15-6-4-14(5-7-15)8-12-19-16(21)9-11-18(19)10-2-3-13-20;19-12-2-1-9-17-10-8-15(20)18(17)11-7-13-3-5-14(6-4-13)16(21)22;1-18-13(17)11-4-2-10(3-5-11)7-9-15-12(16)6-8-14-15;2*1-7-5-3-2-4-6;1-3-4-5-2;1-2-3-4;;;;;;;;;;;;;;;;/h5-8,14H,3-4,9-13H2,1-2H3;5-8,14H,9-13H2,1-2H3;4-7,13,20H,2-3,8-12H2,1H3;3-6,12,19H,1-2,7-11H2,(H,21,22);2-5,14H,6-9H2,1H3;5H,4H2,1H3;5-6H,4H2,1H3;1,4H,2H3;1,3-4H;;;;;;;;;;;;;;;;/q4*-1;;4*-1;;;;;;;;;;;;;;;;. The van der Waals surface area contributed by atoms with Crippen molar-refractivity contribution in [2.45, 2.75) is 103 Å². The number of esters is 4. The zero-order valence-electron chi connectivity index (χ0n) is 85.4. The van der Waals surface area contributed by atoms with Gasteiger partial charge in [-0.15, -0.1) is 15.9 Å². The molecule has 0 spiro atoms. The van der Waals surface area contributed by atoms with Crippen LogP contribution in [0.4, 0.5) is 0 Å². The van der Waals surface area contributed by atoms with Crippen molar-refractivity contribution in [2.24, 2.45) is 0 Å². The molecule has 150 heavy (non-hydrogen) atoms. The predicted octanol–water partition coefficient (Wildman–Crippen LogP) is 9.10. The van der Waals surface area contributed by atoms with Gasteiger partial charge >= 0.3 is 29.8 Å². The number of hydrogen-bond donors (Lipinski definition) is 6. The second kappa shape index (κ2) is 121. The molecule has 0 atom stereocenters. The first-order chi connectivity index (χ1) is 64.9. The molecular weight excluding hydrogens is 4100 g/mol. The topological polar surface area (TPSA) is 396 Å². The molecule has 0 aliphatic carbocycles. The number of methoxy groups -OCH3 is 9. The first-order valence-corrected chi connectivity index (χ1v) is 44.0. The summed E-state index contributed by atoms with van der Waals surface area (Å²) in [6.45, 7) is 19.7. The third-order valence-electron chi connectivity index (χ3n) is 19.5. The number of hydrazine groups is 5. The minimum Gasteiger partial charge on any atom is -0.566 e. The van der Waals surface area contributed by atoms with Gasteiger partial charge in [0.15, 0.2) is 0 Å². The molecule has 5 fully saturated rings. The van der Waals surface area contributed by atoms with Crippen LogP contribution < -0.4 is 5.43 Å². The van der Waals surface area contributed by atoms with Gasteiger partial charge in [-0.3, -0.25) is 84.5 Å². The summed E-state index contributed by atoms with van der Waals surface area (Å²) in [7, 11) is 13.2. The Kier molecular flexibility index (Phi) is 148. The SMILES string of the molecule is C#C[CH-]O.C#C[CH-]OC.COC(=O)c1ccc(CCN2C(=O)CCN2CCC[CH-]O)cc1.COC(=O)c1ccc(CCN2NCCC2=O)cc1.CO[CH-]C#CCBr.CO[CH-]C#CCN1CCC(=O)N1CCc1ccc(C(=O)OC)cc1.CO[CH-]C#CCO.CO[CH-]CCCN1CCC(=O)N1CCc1ccc(C(=O)OC)cc1.O=C(O)c1ccc(CCN2C(=O)CCN2CCC[CH-]O)cc1.[U].[U].[U].[U].[U].[U].[U].[U].[V].[V].[V].[V].[V].[V].[V].[V]. The summed E-state index contributed by atoms with van der Waals surface area (Å²) in [5.74, 6) is 18.3. The van der Waals surface area contributed by atoms with Crippen molar-refractivity contribution in [1.29, 1.82) is 0 Å². The average molecular weight is 4230 g/mol. The van der Waals surface area contributed by atoms with Crippen LogP contribution in [0.1, 0.15) is 150 Å². The summed E-state index contributed by atoms with van der Waals surface area (Å²) >= 11 is 3.13. The molecule has 5 aromatic rings. The van der Waals surface area contributed by atoms with E-state index >= 15 is 0 Å². The molecule has 5 aliphatic rings. The number of hydrogen-bond acceptors (Lipinski definition) is 28. The van der Waals surface area contributed by atoms with Crippen molar-refractivity contribution in [2.75, 3.05) is 168 Å². The van der Waals surface area contributed by atoms with E-state index in [9.17, 15) is 47.9 Å². The molecule has 0 unspecified atom stereocenters. The number of terminal acetylenes is 2. The van der Waals surface area contributed by atoms with E-state index in [0.717, 1.165) is 132 Å². The van der Waals surface area contributed by atoms with Gasteiger partial charge in [-0.2, -0.15) is 19.3 Å². The summed E-state index contributed by atoms with van der Waals surface area (Å²) in [5.41, 5.74) is 10.7. The number of nitrogens with one attached hydrogen (secondary N) is 1. The summed E-state index contributed by atoms with van der Waals surface area (Å²) in [6, 6.07) is 35.8. The van der Waals surface area contributed by atoms with Gasteiger partial charge in [0, 0.05) is 550 Å². The van der Waals surface area contributed by atoms with Gasteiger partial charge in [-0.05, 0) is 140 Å². The second-order valence-corrected chi connectivity index (χ2v) is 28.9. The third kappa shape index (κ3) is 82.4. The third-order valence-corrected chi connectivity index (χ3v) is 19.8. The number of unbranched alkanes of at least 4 members (excludes halogenated alkanes) is 3. The zero-order valence-corrected chi connectivity index (χ0v) is 131. The predicted molar refractivity (Wildman–Crippen MR) is 504 cm³/mol. The van der Waals surface area contributed by atoms with Gasteiger partial charge in [0.05, 0.1) is 56.3 Å². The fourth-order valence-electron chi connectivity index (χ4n) is 12.7. The molecule has 0 saturated carbocycles. The Hall–Kier alpha value is 0.961. The van der Waals surface area contributed by atoms with E-state index in [-0.39, 0.29) is 463 Å². The molecule has 34 nitrogen and oxygen atoms in total. The van der Waals surface area contributed by atoms with Crippen LogP contribution >= 0.6 is 15.9 Å². The van der Waals surface area contributed by atoms with Gasteiger partial charge in [0.1, 0.15) is 0 Å². The van der Waals surface area contributed by atoms with Gasteiger partial charge in [0.25, 0.3) is 0 Å². The molecule has 804 valence electrons. The zero-order chi connectivity index (χ0) is 98.9. The van der Waals surface area contributed by atoms with Crippen LogP contribution in [0.2, 0.25) is 0 Å². The molecule has 5 saturated heterocycles. The molecule has 5 heterocycles. The maximum absolute atomic E-state index is 12.1. The Balaban J connectivity index is -0.000000108. The summed E-state index contributed by atoms with van der Waals surface area (Å²) in [6.07, 6.45) is 20.3. The van der Waals surface area contributed by atoms with Crippen LogP contribution in [0.3, 0.4) is 0 Å². The van der Waals surface area contributed by atoms with E-state index in [1.54, 1.807) is 121 Å². The Morgan fingerprint density at radius 1 is 0.360 bits per heavy atom. The molecule has 0 bridgehead atoms. The Morgan fingerprint density at radius 2 is 0.633 bits per heavy atom. The van der Waals surface area contributed by atoms with E-state index in [0.29, 0.717) is 138 Å². The van der Waals surface area contributed by atoms with Gasteiger partial charge < -0.3 is 92.9 Å². The molecule has 5 amide bonds. The molecule has 51 heteroatoms. The number of aliphatic hydroxyl groups is 4. The molecule has 0 aromatic heterocycles. The number of carbonyl (C=O) groups is 10. The first-order valence-electron chi connectivity index (χ1n) is 42.8. The number of carboxylic acids is 1. The fourth-order valence-corrected chi connectivity index (χ4v) is 12.8. The van der Waals surface area contributed by atoms with Crippen molar-refractivity contribution in [3.63, 3.8) is 0 Å². The van der Waals surface area contributed by atoms with E-state index in [4.69, 9.17) is 46.2 Å². The maximum atomic E-state index is 12.1. The van der Waals surface area contributed by atoms with Crippen LogP contribution in [0.15, 0.2) is 121 Å². The van der Waals surface area contributed by atoms with Crippen LogP contribution in [0.25, 0.3) is 0 Å². The number of amides is 5. The van der Waals surface area contributed by atoms with Crippen molar-refractivity contribution in [3.05, 3.63) is 230 Å². The Bertz CT molecular complexity index is 4590. The van der Waals surface area contributed by atoms with Gasteiger partial charge in [-0.25, -0.2) is 69.3 Å². The number of aromatic carboxylic acids is 1. The van der Waals surface area contributed by atoms with Crippen LogP contribution in [0, 0.1) is 362 Å². The number of nitrogens with zero attached hydrogens (tertiary/aromatic N) is 9. The van der Waals surface area contributed by atoms with Crippen LogP contribution in [0.5, 0.6) is 0 Å². The van der Waals surface area contributed by atoms with Crippen molar-refractivity contribution >= 4 is 75.3 Å². The second-order valence-electron chi connectivity index (χ2n) is 28.4. The van der Waals surface area contributed by atoms with E-state index in [1.165, 1.54) is 69.1 Å². The Morgan fingerprint density at radius 3 is 0.873 bits per heavy atom. The van der Waals surface area contributed by atoms with E-state index in [1.807, 2.05) is 69.5 Å². The Labute approximate surface area is 1180 Å². The minimum absolute atomic E-state index is 0. The van der Waals surface area contributed by atoms with Gasteiger partial charge in [0.2, 0.25) is 29.5 Å². The molecule has 10 rings (SSSR count). The number of alkyl halides is 1. The van der Waals surface area contributed by atoms with Gasteiger partial charge in [-0.1, -0.05) is 113 Å². The number of carboxylic acid groups (broad SMARTS) is 1. The number of halogens is 1.